The lowest BCUT2D eigenvalue weighted by molar-refractivity contribution is 0.0600. The molecule has 2 N–H and O–H groups in total. The van der Waals surface area contributed by atoms with Crippen molar-refractivity contribution in [3.63, 3.8) is 0 Å². The molecule has 0 radical (unpaired) electrons. The number of hydrogen-bond acceptors (Lipinski definition) is 7. The van der Waals surface area contributed by atoms with Gasteiger partial charge in [-0.3, -0.25) is 20.4 Å². The molecule has 30 heavy (non-hydrogen) atoms. The lowest BCUT2D eigenvalue weighted by atomic mass is 10.1. The number of amides is 2. The summed E-state index contributed by atoms with van der Waals surface area (Å²) in [6.07, 6.45) is 1.63. The average Bonchev–Trinajstić information content (AvgIpc) is 3.20. The Morgan fingerprint density at radius 1 is 1.00 bits per heavy atom. The maximum absolute atomic E-state index is 12.3. The minimum atomic E-state index is -0.550. The summed E-state index contributed by atoms with van der Waals surface area (Å²) in [5.41, 5.74) is 6.56. The number of methoxy groups -OCH3 is 1. The van der Waals surface area contributed by atoms with E-state index in [0.29, 0.717) is 11.3 Å². The second-order valence-electron chi connectivity index (χ2n) is 6.19. The molecule has 9 nitrogen and oxygen atoms in total. The van der Waals surface area contributed by atoms with Crippen LogP contribution in [0.15, 0.2) is 60.0 Å². The van der Waals surface area contributed by atoms with Crippen molar-refractivity contribution in [2.24, 2.45) is 7.05 Å². The van der Waals surface area contributed by atoms with Crippen molar-refractivity contribution in [1.29, 1.82) is 0 Å². The van der Waals surface area contributed by atoms with Crippen LogP contribution in [0.25, 0.3) is 0 Å². The molecule has 0 atom stereocenters. The third-order valence-corrected chi connectivity index (χ3v) is 5.19. The van der Waals surface area contributed by atoms with Crippen molar-refractivity contribution in [1.82, 2.24) is 25.6 Å². The maximum Gasteiger partial charge on any atom is 0.337 e. The van der Waals surface area contributed by atoms with E-state index >= 15 is 0 Å². The van der Waals surface area contributed by atoms with Gasteiger partial charge >= 0.3 is 5.97 Å². The number of carbonyl (C=O) groups excluding carboxylic acids is 3. The molecule has 0 saturated heterocycles. The molecule has 3 rings (SSSR count). The zero-order valence-electron chi connectivity index (χ0n) is 16.3. The molecule has 0 unspecified atom stereocenters. The van der Waals surface area contributed by atoms with Crippen LogP contribution in [-0.4, -0.2) is 39.7 Å². The number of hydrogen-bond donors (Lipinski definition) is 2. The number of ether oxygens (including phenoxy) is 1. The molecular formula is C20H19N5O4S. The van der Waals surface area contributed by atoms with Crippen LogP contribution in [0.1, 0.15) is 36.6 Å². The highest BCUT2D eigenvalue weighted by Crippen LogP contribution is 2.20. The smallest absolute Gasteiger partial charge is 0.337 e. The number of aryl methyl sites for hydroxylation is 1. The van der Waals surface area contributed by atoms with Crippen LogP contribution in [0, 0.1) is 0 Å². The predicted octanol–water partition coefficient (Wildman–Crippen LogP) is 1.97. The fraction of sp³-hybridized carbons (Fsp3) is 0.150. The minimum absolute atomic E-state index is 0.217. The highest BCUT2D eigenvalue weighted by atomic mass is 32.2. The van der Waals surface area contributed by atoms with Gasteiger partial charge in [-0.05, 0) is 35.9 Å². The Bertz CT molecular complexity index is 1070. The summed E-state index contributed by atoms with van der Waals surface area (Å²) in [5.74, 6) is -0.876. The quantitative estimate of drug-likeness (QED) is 0.352. The highest BCUT2D eigenvalue weighted by molar-refractivity contribution is 7.98. The average molecular weight is 425 g/mol. The molecule has 2 aromatic carbocycles. The van der Waals surface area contributed by atoms with Crippen molar-refractivity contribution in [3.8, 4) is 0 Å². The highest BCUT2D eigenvalue weighted by Gasteiger charge is 2.12. The van der Waals surface area contributed by atoms with Crippen molar-refractivity contribution >= 4 is 29.5 Å². The predicted molar refractivity (Wildman–Crippen MR) is 110 cm³/mol. The molecule has 0 spiro atoms. The molecule has 2 amide bonds. The van der Waals surface area contributed by atoms with E-state index in [0.717, 1.165) is 10.7 Å². The molecule has 1 heterocycles. The van der Waals surface area contributed by atoms with Gasteiger partial charge in [0.05, 0.1) is 12.7 Å². The summed E-state index contributed by atoms with van der Waals surface area (Å²) < 4.78 is 6.46. The van der Waals surface area contributed by atoms with E-state index in [1.807, 2.05) is 23.7 Å². The van der Waals surface area contributed by atoms with Gasteiger partial charge in [0.1, 0.15) is 6.33 Å². The Balaban J connectivity index is 1.54. The Labute approximate surface area is 176 Å². The van der Waals surface area contributed by atoms with Crippen LogP contribution in [0.5, 0.6) is 0 Å². The summed E-state index contributed by atoms with van der Waals surface area (Å²) in [5, 5.41) is 8.64. The van der Waals surface area contributed by atoms with Crippen LogP contribution in [0.2, 0.25) is 0 Å². The topological polar surface area (TPSA) is 115 Å². The zero-order chi connectivity index (χ0) is 21.5. The molecule has 0 fully saturated rings. The van der Waals surface area contributed by atoms with E-state index in [2.05, 4.69) is 25.8 Å². The number of benzene rings is 2. The van der Waals surface area contributed by atoms with Crippen LogP contribution in [-0.2, 0) is 17.5 Å². The molecule has 1 aromatic heterocycles. The first-order chi connectivity index (χ1) is 14.5. The van der Waals surface area contributed by atoms with Crippen LogP contribution in [0.4, 0.5) is 0 Å². The lowest BCUT2D eigenvalue weighted by Gasteiger charge is -2.09. The van der Waals surface area contributed by atoms with Crippen molar-refractivity contribution in [2.45, 2.75) is 10.9 Å². The van der Waals surface area contributed by atoms with E-state index < -0.39 is 17.8 Å². The number of carbonyl (C=O) groups is 3. The van der Waals surface area contributed by atoms with E-state index in [1.54, 1.807) is 24.5 Å². The molecule has 0 aliphatic heterocycles. The Kier molecular flexibility index (Phi) is 6.81. The molecule has 0 aliphatic rings. The van der Waals surface area contributed by atoms with Gasteiger partial charge < -0.3 is 9.30 Å². The lowest BCUT2D eigenvalue weighted by Crippen LogP contribution is -2.41. The monoisotopic (exact) mass is 425 g/mol. The first-order valence-corrected chi connectivity index (χ1v) is 9.81. The van der Waals surface area contributed by atoms with E-state index in [1.165, 1.54) is 37.1 Å². The number of nitrogens with one attached hydrogen (secondary N) is 2. The molecule has 10 heteroatoms. The van der Waals surface area contributed by atoms with Gasteiger partial charge in [0.15, 0.2) is 5.16 Å². The molecule has 0 aliphatic carbocycles. The first-order valence-electron chi connectivity index (χ1n) is 8.82. The van der Waals surface area contributed by atoms with E-state index in [-0.39, 0.29) is 11.1 Å². The van der Waals surface area contributed by atoms with Crippen LogP contribution in [0.3, 0.4) is 0 Å². The Hall–Kier alpha value is -3.66. The SMILES string of the molecule is COC(=O)c1cccc(C(=O)NNC(=O)c2ccc(CSc3nncn3C)cc2)c1. The summed E-state index contributed by atoms with van der Waals surface area (Å²) >= 11 is 1.54. The van der Waals surface area contributed by atoms with E-state index in [4.69, 9.17) is 0 Å². The third kappa shape index (κ3) is 5.23. The van der Waals surface area contributed by atoms with Gasteiger partial charge in [0.2, 0.25) is 0 Å². The van der Waals surface area contributed by atoms with Gasteiger partial charge in [0, 0.05) is 23.9 Å². The maximum atomic E-state index is 12.3. The third-order valence-electron chi connectivity index (χ3n) is 4.09. The molecule has 0 saturated carbocycles. The van der Waals surface area contributed by atoms with Crippen LogP contribution >= 0.6 is 11.8 Å². The fourth-order valence-corrected chi connectivity index (χ4v) is 3.31. The molecular weight excluding hydrogens is 406 g/mol. The normalized spacial score (nSPS) is 10.3. The molecule has 3 aromatic rings. The summed E-state index contributed by atoms with van der Waals surface area (Å²) in [4.78, 5) is 36.1. The summed E-state index contributed by atoms with van der Waals surface area (Å²) in [6.45, 7) is 0. The van der Waals surface area contributed by atoms with Crippen molar-refractivity contribution in [3.05, 3.63) is 77.1 Å². The van der Waals surface area contributed by atoms with E-state index in [9.17, 15) is 14.4 Å². The number of esters is 1. The van der Waals surface area contributed by atoms with Gasteiger partial charge in [-0.2, -0.15) is 0 Å². The number of aromatic nitrogens is 3. The van der Waals surface area contributed by atoms with Gasteiger partial charge in [0.25, 0.3) is 11.8 Å². The number of rotatable bonds is 6. The van der Waals surface area contributed by atoms with Gasteiger partial charge in [-0.25, -0.2) is 4.79 Å². The van der Waals surface area contributed by atoms with Gasteiger partial charge in [-0.1, -0.05) is 30.0 Å². The first kappa shape index (κ1) is 21.1. The van der Waals surface area contributed by atoms with Crippen molar-refractivity contribution < 1.29 is 19.1 Å². The zero-order valence-corrected chi connectivity index (χ0v) is 17.1. The number of nitrogens with zero attached hydrogens (tertiary/aromatic N) is 3. The molecule has 154 valence electrons. The Morgan fingerprint density at radius 3 is 2.30 bits per heavy atom. The second kappa shape index (κ2) is 9.70. The summed E-state index contributed by atoms with van der Waals surface area (Å²) in [7, 11) is 3.13. The molecule has 0 bridgehead atoms. The standard InChI is InChI=1S/C20H19N5O4S/c1-25-12-21-24-20(25)30-11-13-6-8-14(9-7-13)17(26)22-23-18(27)15-4-3-5-16(10-15)19(28)29-2/h3-10,12H,11H2,1-2H3,(H,22,26)(H,23,27). The second-order valence-corrected chi connectivity index (χ2v) is 7.13. The number of hydrazine groups is 1. The Morgan fingerprint density at radius 2 is 1.67 bits per heavy atom. The van der Waals surface area contributed by atoms with Crippen LogP contribution < -0.4 is 10.9 Å². The number of thioether (sulfide) groups is 1. The largest absolute Gasteiger partial charge is 0.465 e. The summed E-state index contributed by atoms with van der Waals surface area (Å²) in [6, 6.07) is 13.0. The van der Waals surface area contributed by atoms with Gasteiger partial charge in [-0.15, -0.1) is 10.2 Å². The fourth-order valence-electron chi connectivity index (χ4n) is 2.47. The van der Waals surface area contributed by atoms with Crippen molar-refractivity contribution in [2.75, 3.05) is 7.11 Å². The minimum Gasteiger partial charge on any atom is -0.465 e.